The number of benzene rings is 1. The van der Waals surface area contributed by atoms with Gasteiger partial charge in [-0.2, -0.15) is 0 Å². The number of hydrogen-bond donors (Lipinski definition) is 5. The van der Waals surface area contributed by atoms with Gasteiger partial charge in [0.05, 0.1) is 11.7 Å². The molecule has 0 heterocycles. The molecule has 0 radical (unpaired) electrons. The van der Waals surface area contributed by atoms with Crippen LogP contribution in [0, 0.1) is 0 Å². The Kier molecular flexibility index (Phi) is 7.01. The number of rotatable bonds is 8. The highest BCUT2D eigenvalue weighted by Gasteiger charge is 2.23. The Hall–Kier alpha value is -1.83. The first-order chi connectivity index (χ1) is 11.0. The first-order valence-electron chi connectivity index (χ1n) is 7.90. The summed E-state index contributed by atoms with van der Waals surface area (Å²) in [5.74, 6) is -1.53. The molecule has 1 rings (SSSR count). The molecule has 0 amide bonds. The van der Waals surface area contributed by atoms with Crippen molar-refractivity contribution in [2.45, 2.75) is 57.9 Å². The number of phenolic OH excluding ortho intramolecular Hbond substituents is 2. The zero-order valence-corrected chi connectivity index (χ0v) is 14.6. The molecule has 0 aliphatic rings. The molecule has 0 aromatic heterocycles. The molecular formula is C17H28N2O5. The van der Waals surface area contributed by atoms with Crippen LogP contribution in [0.15, 0.2) is 18.2 Å². The van der Waals surface area contributed by atoms with Gasteiger partial charge in [-0.25, -0.2) is 0 Å². The number of aromatic hydroxyl groups is 2. The third-order valence-corrected chi connectivity index (χ3v) is 3.52. The number of carboxylic acids is 1. The molecule has 0 aliphatic carbocycles. The second kappa shape index (κ2) is 8.32. The Morgan fingerprint density at radius 3 is 2.42 bits per heavy atom. The van der Waals surface area contributed by atoms with Crippen molar-refractivity contribution in [3.8, 4) is 11.5 Å². The second-order valence-electron chi connectivity index (χ2n) is 6.93. The first-order valence-corrected chi connectivity index (χ1v) is 7.90. The SMILES string of the molecule is C[C@@H](OC(C)(C)C)[C@@H](N)CN[C@@H](Cc1ccc(O)c(O)c1)C(=O)O. The number of phenols is 2. The van der Waals surface area contributed by atoms with Crippen LogP contribution in [0.5, 0.6) is 11.5 Å². The molecule has 0 saturated carbocycles. The standard InChI is InChI=1S/C17H28N2O5/c1-10(24-17(2,3)4)12(18)9-19-13(16(22)23)7-11-5-6-14(20)15(21)8-11/h5-6,8,10,12-13,19-21H,7,9,18H2,1-4H3,(H,22,23)/t10-,12+,13+/m1/s1. The van der Waals surface area contributed by atoms with E-state index in [4.69, 9.17) is 10.5 Å². The van der Waals surface area contributed by atoms with Gasteiger partial charge >= 0.3 is 5.97 Å². The summed E-state index contributed by atoms with van der Waals surface area (Å²) in [5.41, 5.74) is 6.33. The third kappa shape index (κ3) is 6.74. The maximum absolute atomic E-state index is 11.4. The first kappa shape index (κ1) is 20.2. The second-order valence-corrected chi connectivity index (χ2v) is 6.93. The summed E-state index contributed by atoms with van der Waals surface area (Å²) in [4.78, 5) is 11.4. The van der Waals surface area contributed by atoms with E-state index in [0.717, 1.165) is 0 Å². The molecule has 1 aromatic rings. The monoisotopic (exact) mass is 340 g/mol. The van der Waals surface area contributed by atoms with Crippen molar-refractivity contribution in [2.24, 2.45) is 5.73 Å². The fraction of sp³-hybridized carbons (Fsp3) is 0.588. The lowest BCUT2D eigenvalue weighted by Crippen LogP contribution is -2.50. The average Bonchev–Trinajstić information content (AvgIpc) is 2.44. The van der Waals surface area contributed by atoms with Crippen LogP contribution in [0.1, 0.15) is 33.3 Å². The Balaban J connectivity index is 2.63. The largest absolute Gasteiger partial charge is 0.504 e. The van der Waals surface area contributed by atoms with Crippen molar-refractivity contribution >= 4 is 5.97 Å². The van der Waals surface area contributed by atoms with Gasteiger partial charge in [0.15, 0.2) is 11.5 Å². The number of hydrogen-bond acceptors (Lipinski definition) is 6. The van der Waals surface area contributed by atoms with E-state index in [2.05, 4.69) is 5.32 Å². The number of nitrogens with one attached hydrogen (secondary N) is 1. The predicted octanol–water partition coefficient (Wildman–Crippen LogP) is 1.21. The highest BCUT2D eigenvalue weighted by Crippen LogP contribution is 2.25. The molecule has 0 unspecified atom stereocenters. The minimum absolute atomic E-state index is 0.157. The summed E-state index contributed by atoms with van der Waals surface area (Å²) in [7, 11) is 0. The fourth-order valence-corrected chi connectivity index (χ4v) is 2.27. The van der Waals surface area contributed by atoms with Gasteiger partial charge in [-0.3, -0.25) is 4.79 Å². The van der Waals surface area contributed by atoms with Gasteiger partial charge in [-0.05, 0) is 51.8 Å². The molecule has 0 bridgehead atoms. The Morgan fingerprint density at radius 2 is 1.92 bits per heavy atom. The molecule has 1 aromatic carbocycles. The van der Waals surface area contributed by atoms with Crippen LogP contribution < -0.4 is 11.1 Å². The summed E-state index contributed by atoms with van der Waals surface area (Å²) in [6.07, 6.45) is -0.0746. The lowest BCUT2D eigenvalue weighted by molar-refractivity contribution is -0.139. The van der Waals surface area contributed by atoms with E-state index < -0.39 is 12.0 Å². The number of aliphatic carboxylic acids is 1. The fourth-order valence-electron chi connectivity index (χ4n) is 2.27. The van der Waals surface area contributed by atoms with Gasteiger partial charge in [0, 0.05) is 12.6 Å². The van der Waals surface area contributed by atoms with E-state index in [1.54, 1.807) is 6.07 Å². The summed E-state index contributed by atoms with van der Waals surface area (Å²) < 4.78 is 5.77. The molecule has 7 nitrogen and oxygen atoms in total. The molecule has 7 heteroatoms. The van der Waals surface area contributed by atoms with Crippen LogP contribution in [0.4, 0.5) is 0 Å². The maximum Gasteiger partial charge on any atom is 0.321 e. The highest BCUT2D eigenvalue weighted by molar-refractivity contribution is 5.74. The van der Waals surface area contributed by atoms with E-state index in [1.165, 1.54) is 12.1 Å². The maximum atomic E-state index is 11.4. The summed E-state index contributed by atoms with van der Waals surface area (Å²) in [6.45, 7) is 7.92. The van der Waals surface area contributed by atoms with Gasteiger partial charge in [0.25, 0.3) is 0 Å². The van der Waals surface area contributed by atoms with Crippen LogP contribution in [0.2, 0.25) is 0 Å². The number of ether oxygens (including phenoxy) is 1. The van der Waals surface area contributed by atoms with Crippen molar-refractivity contribution < 1.29 is 24.9 Å². The third-order valence-electron chi connectivity index (χ3n) is 3.52. The molecule has 6 N–H and O–H groups in total. The van der Waals surface area contributed by atoms with Gasteiger partial charge < -0.3 is 31.1 Å². The summed E-state index contributed by atoms with van der Waals surface area (Å²) in [6, 6.07) is 3.02. The number of carbonyl (C=O) groups is 1. The van der Waals surface area contributed by atoms with Crippen LogP contribution in [0.3, 0.4) is 0 Å². The van der Waals surface area contributed by atoms with Crippen LogP contribution in [-0.4, -0.2) is 51.6 Å². The van der Waals surface area contributed by atoms with E-state index in [9.17, 15) is 20.1 Å². The Bertz CT molecular complexity index is 556. The van der Waals surface area contributed by atoms with Crippen molar-refractivity contribution in [2.75, 3.05) is 6.54 Å². The molecule has 0 aliphatic heterocycles. The summed E-state index contributed by atoms with van der Waals surface area (Å²) in [5, 5.41) is 31.1. The van der Waals surface area contributed by atoms with Crippen molar-refractivity contribution in [1.82, 2.24) is 5.32 Å². The normalized spacial score (nSPS) is 15.7. The zero-order valence-electron chi connectivity index (χ0n) is 14.6. The highest BCUT2D eigenvalue weighted by atomic mass is 16.5. The van der Waals surface area contributed by atoms with E-state index in [-0.39, 0.29) is 42.2 Å². The molecule has 0 spiro atoms. The number of carboxylic acid groups (broad SMARTS) is 1. The van der Waals surface area contributed by atoms with E-state index in [0.29, 0.717) is 5.56 Å². The lowest BCUT2D eigenvalue weighted by atomic mass is 10.0. The van der Waals surface area contributed by atoms with Crippen molar-refractivity contribution in [3.63, 3.8) is 0 Å². The van der Waals surface area contributed by atoms with Crippen molar-refractivity contribution in [3.05, 3.63) is 23.8 Å². The summed E-state index contributed by atoms with van der Waals surface area (Å²) >= 11 is 0. The Labute approximate surface area is 142 Å². The van der Waals surface area contributed by atoms with Crippen LogP contribution in [-0.2, 0) is 16.0 Å². The molecule has 24 heavy (non-hydrogen) atoms. The van der Waals surface area contributed by atoms with E-state index in [1.807, 2.05) is 27.7 Å². The molecular weight excluding hydrogens is 312 g/mol. The number of nitrogens with two attached hydrogens (primary N) is 1. The van der Waals surface area contributed by atoms with Crippen LogP contribution >= 0.6 is 0 Å². The zero-order chi connectivity index (χ0) is 18.5. The van der Waals surface area contributed by atoms with E-state index >= 15 is 0 Å². The van der Waals surface area contributed by atoms with Crippen LogP contribution in [0.25, 0.3) is 0 Å². The molecule has 136 valence electrons. The molecule has 0 fully saturated rings. The minimum atomic E-state index is -1.01. The quantitative estimate of drug-likeness (QED) is 0.450. The Morgan fingerprint density at radius 1 is 1.29 bits per heavy atom. The smallest absolute Gasteiger partial charge is 0.321 e. The van der Waals surface area contributed by atoms with Gasteiger partial charge in [-0.15, -0.1) is 0 Å². The van der Waals surface area contributed by atoms with Crippen molar-refractivity contribution in [1.29, 1.82) is 0 Å². The minimum Gasteiger partial charge on any atom is -0.504 e. The topological polar surface area (TPSA) is 125 Å². The molecule has 3 atom stereocenters. The predicted molar refractivity (Wildman–Crippen MR) is 91.2 cm³/mol. The lowest BCUT2D eigenvalue weighted by Gasteiger charge is -2.29. The average molecular weight is 340 g/mol. The van der Waals surface area contributed by atoms with Gasteiger partial charge in [0.1, 0.15) is 6.04 Å². The van der Waals surface area contributed by atoms with Gasteiger partial charge in [-0.1, -0.05) is 6.07 Å². The van der Waals surface area contributed by atoms with Gasteiger partial charge in [0.2, 0.25) is 0 Å². The molecule has 0 saturated heterocycles.